The average Bonchev–Trinajstić information content (AvgIpc) is 2.89. The number of nitrogens with zero attached hydrogens (tertiary/aromatic N) is 2. The second-order valence-corrected chi connectivity index (χ2v) is 12.6. The highest BCUT2D eigenvalue weighted by molar-refractivity contribution is 5.86. The lowest BCUT2D eigenvalue weighted by molar-refractivity contribution is -0.160. The SMILES string of the molecule is Cc1ncc(-c2cc(F)c(OCCc3ccc(F)cc3)c(F)c2)c(N2CCC(C)(C)CC2)c1C(OC(C)(C)C)C(=O)O. The van der Waals surface area contributed by atoms with Crippen molar-refractivity contribution in [3.05, 3.63) is 76.9 Å². The van der Waals surface area contributed by atoms with Crippen LogP contribution in [-0.2, 0) is 16.0 Å². The molecule has 1 N–H and O–H groups in total. The van der Waals surface area contributed by atoms with E-state index >= 15 is 8.78 Å². The molecule has 1 aliphatic heterocycles. The highest BCUT2D eigenvalue weighted by Crippen LogP contribution is 2.44. The molecule has 0 aliphatic carbocycles. The van der Waals surface area contributed by atoms with Crippen molar-refractivity contribution in [2.75, 3.05) is 24.6 Å². The highest BCUT2D eigenvalue weighted by atomic mass is 19.1. The standard InChI is InChI=1S/C33H39F3N2O4/c1-20-27(30(31(39)40)42-32(2,3)4)28(38-14-12-33(5,6)13-15-38)24(19-37-20)22-17-25(35)29(26(36)18-22)41-16-11-21-7-9-23(34)10-8-21/h7-10,17-19,30H,11-16H2,1-6H3,(H,39,40). The van der Waals surface area contributed by atoms with Crippen LogP contribution in [0, 0.1) is 29.8 Å². The maximum Gasteiger partial charge on any atom is 0.337 e. The van der Waals surface area contributed by atoms with E-state index in [0.717, 1.165) is 18.4 Å². The second-order valence-electron chi connectivity index (χ2n) is 12.6. The molecule has 3 aromatic rings. The number of hydrogen-bond donors (Lipinski definition) is 1. The first kappa shape index (κ1) is 31.3. The van der Waals surface area contributed by atoms with Crippen LogP contribution < -0.4 is 9.64 Å². The fourth-order valence-corrected chi connectivity index (χ4v) is 5.17. The molecule has 6 nitrogen and oxygen atoms in total. The Balaban J connectivity index is 1.75. The number of carboxylic acids is 1. The molecule has 9 heteroatoms. The number of carbonyl (C=O) groups is 1. The number of aliphatic carboxylic acids is 1. The van der Waals surface area contributed by atoms with Gasteiger partial charge >= 0.3 is 5.97 Å². The third-order valence-electron chi connectivity index (χ3n) is 7.54. The fraction of sp³-hybridized carbons (Fsp3) is 0.455. The first-order valence-electron chi connectivity index (χ1n) is 14.2. The molecule has 1 aromatic heterocycles. The minimum Gasteiger partial charge on any atom is -0.487 e. The van der Waals surface area contributed by atoms with Crippen molar-refractivity contribution in [1.82, 2.24) is 4.98 Å². The molecule has 1 fully saturated rings. The summed E-state index contributed by atoms with van der Waals surface area (Å²) in [7, 11) is 0. The molecule has 1 unspecified atom stereocenters. The van der Waals surface area contributed by atoms with Crippen molar-refractivity contribution < 1.29 is 32.5 Å². The highest BCUT2D eigenvalue weighted by Gasteiger charge is 2.36. The lowest BCUT2D eigenvalue weighted by atomic mass is 9.82. The van der Waals surface area contributed by atoms with E-state index in [9.17, 15) is 14.3 Å². The minimum absolute atomic E-state index is 0.00565. The van der Waals surface area contributed by atoms with Crippen molar-refractivity contribution in [3.8, 4) is 16.9 Å². The largest absolute Gasteiger partial charge is 0.487 e. The Hall–Kier alpha value is -3.59. The van der Waals surface area contributed by atoms with Crippen molar-refractivity contribution in [2.45, 2.75) is 72.5 Å². The maximum atomic E-state index is 15.4. The van der Waals surface area contributed by atoms with Crippen molar-refractivity contribution >= 4 is 11.7 Å². The van der Waals surface area contributed by atoms with E-state index < -0.39 is 35.1 Å². The monoisotopic (exact) mass is 584 g/mol. The molecule has 42 heavy (non-hydrogen) atoms. The molecule has 1 saturated heterocycles. The number of ether oxygens (including phenoxy) is 2. The van der Waals surface area contributed by atoms with E-state index in [-0.39, 0.29) is 23.4 Å². The number of halogens is 3. The van der Waals surface area contributed by atoms with Crippen LogP contribution in [-0.4, -0.2) is 41.4 Å². The molecule has 2 heterocycles. The Morgan fingerprint density at radius 1 is 1.07 bits per heavy atom. The zero-order chi connectivity index (χ0) is 30.8. The molecule has 4 rings (SSSR count). The number of pyridine rings is 1. The summed E-state index contributed by atoms with van der Waals surface area (Å²) < 4.78 is 55.4. The molecular weight excluding hydrogens is 545 g/mol. The average molecular weight is 585 g/mol. The van der Waals surface area contributed by atoms with Gasteiger partial charge in [-0.15, -0.1) is 0 Å². The van der Waals surface area contributed by atoms with Crippen LogP contribution in [0.25, 0.3) is 11.1 Å². The third-order valence-corrected chi connectivity index (χ3v) is 7.54. The van der Waals surface area contributed by atoms with Gasteiger partial charge in [0.2, 0.25) is 0 Å². The summed E-state index contributed by atoms with van der Waals surface area (Å²) in [5.74, 6) is -3.83. The van der Waals surface area contributed by atoms with Gasteiger partial charge < -0.3 is 19.5 Å². The Morgan fingerprint density at radius 3 is 2.21 bits per heavy atom. The first-order valence-corrected chi connectivity index (χ1v) is 14.2. The molecule has 0 saturated carbocycles. The molecule has 0 spiro atoms. The van der Waals surface area contributed by atoms with E-state index in [4.69, 9.17) is 9.47 Å². The Kier molecular flexibility index (Phi) is 9.21. The topological polar surface area (TPSA) is 71.9 Å². The van der Waals surface area contributed by atoms with E-state index in [0.29, 0.717) is 42.0 Å². The number of anilines is 1. The van der Waals surface area contributed by atoms with Gasteiger partial charge in [-0.3, -0.25) is 4.98 Å². The number of rotatable bonds is 9. The van der Waals surface area contributed by atoms with Gasteiger partial charge in [0, 0.05) is 42.5 Å². The van der Waals surface area contributed by atoms with Crippen molar-refractivity contribution in [1.29, 1.82) is 0 Å². The van der Waals surface area contributed by atoms with Gasteiger partial charge in [0.15, 0.2) is 23.5 Å². The summed E-state index contributed by atoms with van der Waals surface area (Å²) in [5.41, 5.74) is 2.12. The van der Waals surface area contributed by atoms with Gasteiger partial charge in [-0.2, -0.15) is 0 Å². The smallest absolute Gasteiger partial charge is 0.337 e. The lowest BCUT2D eigenvalue weighted by Gasteiger charge is -2.41. The molecule has 0 radical (unpaired) electrons. The molecule has 0 amide bonds. The Labute approximate surface area is 245 Å². The predicted molar refractivity (Wildman–Crippen MR) is 156 cm³/mol. The second kappa shape index (κ2) is 12.3. The number of hydrogen-bond acceptors (Lipinski definition) is 5. The zero-order valence-electron chi connectivity index (χ0n) is 25.1. The Bertz CT molecular complexity index is 1400. The van der Waals surface area contributed by atoms with Crippen LogP contribution in [0.4, 0.5) is 18.9 Å². The lowest BCUT2D eigenvalue weighted by Crippen LogP contribution is -2.39. The third kappa shape index (κ3) is 7.43. The van der Waals surface area contributed by atoms with Gasteiger partial charge in [0.1, 0.15) is 5.82 Å². The van der Waals surface area contributed by atoms with E-state index in [1.165, 1.54) is 30.5 Å². The molecule has 2 aromatic carbocycles. The maximum absolute atomic E-state index is 15.4. The predicted octanol–water partition coefficient (Wildman–Crippen LogP) is 7.66. The van der Waals surface area contributed by atoms with Gasteiger partial charge in [0.05, 0.1) is 17.9 Å². The van der Waals surface area contributed by atoms with E-state index in [1.54, 1.807) is 39.8 Å². The zero-order valence-corrected chi connectivity index (χ0v) is 25.1. The van der Waals surface area contributed by atoms with Crippen LogP contribution in [0.15, 0.2) is 42.6 Å². The summed E-state index contributed by atoms with van der Waals surface area (Å²) in [4.78, 5) is 19.1. The Morgan fingerprint density at radius 2 is 1.67 bits per heavy atom. The molecule has 1 atom stereocenters. The molecule has 1 aliphatic rings. The van der Waals surface area contributed by atoms with Gasteiger partial charge in [-0.05, 0) is 81.3 Å². The number of aromatic nitrogens is 1. The number of aryl methyl sites for hydroxylation is 1. The van der Waals surface area contributed by atoms with Crippen LogP contribution in [0.2, 0.25) is 0 Å². The summed E-state index contributed by atoms with van der Waals surface area (Å²) in [5, 5.41) is 10.3. The van der Waals surface area contributed by atoms with E-state index in [2.05, 4.69) is 23.7 Å². The van der Waals surface area contributed by atoms with Crippen LogP contribution >= 0.6 is 0 Å². The quantitative estimate of drug-likeness (QED) is 0.278. The summed E-state index contributed by atoms with van der Waals surface area (Å²) >= 11 is 0. The number of piperidine rings is 1. The number of carboxylic acid groups (broad SMARTS) is 1. The minimum atomic E-state index is -1.34. The summed E-state index contributed by atoms with van der Waals surface area (Å²) in [6.07, 6.45) is 2.24. The fourth-order valence-electron chi connectivity index (χ4n) is 5.17. The van der Waals surface area contributed by atoms with Crippen molar-refractivity contribution in [2.24, 2.45) is 5.41 Å². The normalized spacial score (nSPS) is 15.9. The number of benzene rings is 2. The van der Waals surface area contributed by atoms with Gasteiger partial charge in [-0.1, -0.05) is 26.0 Å². The van der Waals surface area contributed by atoms with E-state index in [1.807, 2.05) is 0 Å². The summed E-state index contributed by atoms with van der Waals surface area (Å²) in [6.45, 7) is 12.7. The summed E-state index contributed by atoms with van der Waals surface area (Å²) in [6, 6.07) is 8.18. The first-order chi connectivity index (χ1) is 19.6. The molecule has 226 valence electrons. The molecule has 0 bridgehead atoms. The van der Waals surface area contributed by atoms with Crippen molar-refractivity contribution in [3.63, 3.8) is 0 Å². The van der Waals surface area contributed by atoms with Crippen LogP contribution in [0.3, 0.4) is 0 Å². The van der Waals surface area contributed by atoms with Crippen LogP contribution in [0.1, 0.15) is 70.4 Å². The van der Waals surface area contributed by atoms with Crippen LogP contribution in [0.5, 0.6) is 5.75 Å². The molecular formula is C33H39F3N2O4. The van der Waals surface area contributed by atoms with Gasteiger partial charge in [-0.25, -0.2) is 18.0 Å². The van der Waals surface area contributed by atoms with Gasteiger partial charge in [0.25, 0.3) is 0 Å².